The molecule has 2 aliphatic rings. The minimum Gasteiger partial charge on any atom is -0.490 e. The molecule has 1 amide bonds. The molecule has 2 fully saturated rings. The number of nitrogens with zero attached hydrogens (tertiary/aromatic N) is 1. The van der Waals surface area contributed by atoms with Crippen LogP contribution in [0.1, 0.15) is 38.5 Å². The monoisotopic (exact) mass is 302 g/mol. The number of hydrogen-bond acceptors (Lipinski definition) is 3. The van der Waals surface area contributed by atoms with E-state index in [0.717, 1.165) is 50.2 Å². The summed E-state index contributed by atoms with van der Waals surface area (Å²) < 4.78 is 5.95. The van der Waals surface area contributed by atoms with Gasteiger partial charge in [0.05, 0.1) is 12.0 Å². The van der Waals surface area contributed by atoms with Gasteiger partial charge in [-0.2, -0.15) is 0 Å². The van der Waals surface area contributed by atoms with Crippen molar-refractivity contribution in [3.05, 3.63) is 24.3 Å². The van der Waals surface area contributed by atoms with Crippen LogP contribution in [0.4, 0.5) is 5.69 Å². The zero-order chi connectivity index (χ0) is 15.4. The van der Waals surface area contributed by atoms with Crippen LogP contribution in [-0.2, 0) is 4.79 Å². The van der Waals surface area contributed by atoms with Crippen LogP contribution in [0.3, 0.4) is 0 Å². The maximum atomic E-state index is 12.3. The first-order chi connectivity index (χ1) is 10.7. The summed E-state index contributed by atoms with van der Waals surface area (Å²) in [6.45, 7) is 1.95. The van der Waals surface area contributed by atoms with E-state index in [4.69, 9.17) is 4.74 Å². The maximum absolute atomic E-state index is 12.3. The predicted molar refractivity (Wildman–Crippen MR) is 88.2 cm³/mol. The summed E-state index contributed by atoms with van der Waals surface area (Å²) in [5.74, 6) is 1.14. The predicted octanol–water partition coefficient (Wildman–Crippen LogP) is 3.29. The third-order valence-electron chi connectivity index (χ3n) is 4.72. The van der Waals surface area contributed by atoms with Gasteiger partial charge in [-0.1, -0.05) is 0 Å². The zero-order valence-electron chi connectivity index (χ0n) is 13.4. The molecule has 1 aliphatic heterocycles. The Morgan fingerprint density at radius 1 is 1.14 bits per heavy atom. The van der Waals surface area contributed by atoms with Gasteiger partial charge in [-0.15, -0.1) is 0 Å². The Hall–Kier alpha value is -1.55. The molecule has 4 nitrogen and oxygen atoms in total. The number of piperidine rings is 1. The lowest BCUT2D eigenvalue weighted by Crippen LogP contribution is -2.38. The van der Waals surface area contributed by atoms with Gasteiger partial charge in [0.25, 0.3) is 0 Å². The molecule has 120 valence electrons. The SMILES string of the molecule is CN1CCC[C@@H](C(=O)Nc2ccc(OC3CCCC3)cc2)C1. The second-order valence-corrected chi connectivity index (χ2v) is 6.64. The molecule has 0 spiro atoms. The fourth-order valence-corrected chi connectivity index (χ4v) is 3.44. The summed E-state index contributed by atoms with van der Waals surface area (Å²) in [7, 11) is 2.08. The second-order valence-electron chi connectivity index (χ2n) is 6.64. The van der Waals surface area contributed by atoms with Crippen molar-refractivity contribution in [2.45, 2.75) is 44.6 Å². The molecule has 1 heterocycles. The van der Waals surface area contributed by atoms with E-state index >= 15 is 0 Å². The molecule has 0 radical (unpaired) electrons. The number of carbonyl (C=O) groups is 1. The molecule has 0 unspecified atom stereocenters. The van der Waals surface area contributed by atoms with Gasteiger partial charge in [0.2, 0.25) is 5.91 Å². The number of likely N-dealkylation sites (tertiary alicyclic amines) is 1. The van der Waals surface area contributed by atoms with E-state index in [-0.39, 0.29) is 11.8 Å². The molecule has 1 saturated carbocycles. The molecule has 1 atom stereocenters. The zero-order valence-corrected chi connectivity index (χ0v) is 13.4. The van der Waals surface area contributed by atoms with Crippen molar-refractivity contribution in [1.82, 2.24) is 4.90 Å². The van der Waals surface area contributed by atoms with Gasteiger partial charge < -0.3 is 15.0 Å². The molecule has 4 heteroatoms. The van der Waals surface area contributed by atoms with E-state index in [2.05, 4.69) is 17.3 Å². The Morgan fingerprint density at radius 3 is 2.55 bits per heavy atom. The van der Waals surface area contributed by atoms with Crippen LogP contribution in [0.2, 0.25) is 0 Å². The number of benzene rings is 1. The molecule has 22 heavy (non-hydrogen) atoms. The molecule has 0 bridgehead atoms. The van der Waals surface area contributed by atoms with Crippen LogP contribution < -0.4 is 10.1 Å². The number of anilines is 1. The van der Waals surface area contributed by atoms with Gasteiger partial charge in [-0.3, -0.25) is 4.79 Å². The normalized spacial score (nSPS) is 23.4. The molecule has 1 aliphatic carbocycles. The lowest BCUT2D eigenvalue weighted by atomic mass is 9.97. The highest BCUT2D eigenvalue weighted by atomic mass is 16.5. The average molecular weight is 302 g/mol. The average Bonchev–Trinajstić information content (AvgIpc) is 3.02. The first kappa shape index (κ1) is 15.3. The van der Waals surface area contributed by atoms with Crippen LogP contribution in [0.15, 0.2) is 24.3 Å². The number of rotatable bonds is 4. The van der Waals surface area contributed by atoms with Crippen molar-refractivity contribution in [1.29, 1.82) is 0 Å². The molecule has 3 rings (SSSR count). The standard InChI is InChI=1S/C18H26N2O2/c1-20-12-4-5-14(13-20)18(21)19-15-8-10-17(11-9-15)22-16-6-2-3-7-16/h8-11,14,16H,2-7,12-13H2,1H3,(H,19,21)/t14-/m1/s1. The van der Waals surface area contributed by atoms with Crippen molar-refractivity contribution >= 4 is 11.6 Å². The largest absolute Gasteiger partial charge is 0.490 e. The van der Waals surface area contributed by atoms with Crippen molar-refractivity contribution < 1.29 is 9.53 Å². The minimum atomic E-state index is 0.105. The molecular formula is C18H26N2O2. The first-order valence-electron chi connectivity index (χ1n) is 8.47. The number of ether oxygens (including phenoxy) is 1. The summed E-state index contributed by atoms with van der Waals surface area (Å²) >= 11 is 0. The fourth-order valence-electron chi connectivity index (χ4n) is 3.44. The van der Waals surface area contributed by atoms with Gasteiger partial charge in [-0.25, -0.2) is 0 Å². The van der Waals surface area contributed by atoms with Crippen LogP contribution in [0, 0.1) is 5.92 Å². The fraction of sp³-hybridized carbons (Fsp3) is 0.611. The van der Waals surface area contributed by atoms with Crippen LogP contribution in [0.5, 0.6) is 5.75 Å². The summed E-state index contributed by atoms with van der Waals surface area (Å²) in [5.41, 5.74) is 0.858. The first-order valence-corrected chi connectivity index (χ1v) is 8.47. The lowest BCUT2D eigenvalue weighted by molar-refractivity contribution is -0.121. The Labute approximate surface area is 132 Å². The summed E-state index contributed by atoms with van der Waals surface area (Å²) in [5, 5.41) is 3.03. The van der Waals surface area contributed by atoms with E-state index < -0.39 is 0 Å². The summed E-state index contributed by atoms with van der Waals surface area (Å²) in [4.78, 5) is 14.5. The minimum absolute atomic E-state index is 0.105. The molecule has 1 saturated heterocycles. The molecule has 1 aromatic carbocycles. The van der Waals surface area contributed by atoms with Gasteiger partial charge in [-0.05, 0) is 76.4 Å². The maximum Gasteiger partial charge on any atom is 0.228 e. The van der Waals surface area contributed by atoms with E-state index in [9.17, 15) is 4.79 Å². The number of hydrogen-bond donors (Lipinski definition) is 1. The van der Waals surface area contributed by atoms with Gasteiger partial charge in [0, 0.05) is 12.2 Å². The highest BCUT2D eigenvalue weighted by molar-refractivity contribution is 5.92. The topological polar surface area (TPSA) is 41.6 Å². The smallest absolute Gasteiger partial charge is 0.228 e. The van der Waals surface area contributed by atoms with Crippen molar-refractivity contribution in [2.75, 3.05) is 25.5 Å². The highest BCUT2D eigenvalue weighted by Crippen LogP contribution is 2.25. The third kappa shape index (κ3) is 4.01. The lowest BCUT2D eigenvalue weighted by Gasteiger charge is -2.28. The van der Waals surface area contributed by atoms with E-state index in [1.807, 2.05) is 24.3 Å². The Morgan fingerprint density at radius 2 is 1.86 bits per heavy atom. The van der Waals surface area contributed by atoms with Gasteiger partial charge in [0.1, 0.15) is 5.75 Å². The van der Waals surface area contributed by atoms with Crippen molar-refractivity contribution in [3.8, 4) is 5.75 Å². The summed E-state index contributed by atoms with van der Waals surface area (Å²) in [6.07, 6.45) is 7.32. The third-order valence-corrected chi connectivity index (χ3v) is 4.72. The van der Waals surface area contributed by atoms with Gasteiger partial charge in [0.15, 0.2) is 0 Å². The Bertz CT molecular complexity index is 494. The number of carbonyl (C=O) groups excluding carboxylic acids is 1. The molecule has 0 aromatic heterocycles. The molecule has 1 aromatic rings. The quantitative estimate of drug-likeness (QED) is 0.928. The van der Waals surface area contributed by atoms with Crippen LogP contribution >= 0.6 is 0 Å². The highest BCUT2D eigenvalue weighted by Gasteiger charge is 2.24. The molecular weight excluding hydrogens is 276 g/mol. The molecule has 1 N–H and O–H groups in total. The summed E-state index contributed by atoms with van der Waals surface area (Å²) in [6, 6.07) is 7.80. The Kier molecular flexibility index (Phi) is 4.98. The second kappa shape index (κ2) is 7.14. The van der Waals surface area contributed by atoms with Crippen molar-refractivity contribution in [2.24, 2.45) is 5.92 Å². The van der Waals surface area contributed by atoms with Gasteiger partial charge >= 0.3 is 0 Å². The van der Waals surface area contributed by atoms with E-state index in [0.29, 0.717) is 6.10 Å². The van der Waals surface area contributed by atoms with E-state index in [1.165, 1.54) is 12.8 Å². The van der Waals surface area contributed by atoms with Crippen molar-refractivity contribution in [3.63, 3.8) is 0 Å². The number of nitrogens with one attached hydrogen (secondary N) is 1. The number of amides is 1. The Balaban J connectivity index is 1.52. The van der Waals surface area contributed by atoms with Crippen LogP contribution in [-0.4, -0.2) is 37.0 Å². The van der Waals surface area contributed by atoms with E-state index in [1.54, 1.807) is 0 Å². The van der Waals surface area contributed by atoms with Crippen LogP contribution in [0.25, 0.3) is 0 Å².